The summed E-state index contributed by atoms with van der Waals surface area (Å²) in [7, 11) is 0. The van der Waals surface area contributed by atoms with E-state index in [0.29, 0.717) is 12.3 Å². The lowest BCUT2D eigenvalue weighted by atomic mass is 10.00. The molecule has 1 aliphatic rings. The molecule has 0 saturated carbocycles. The molecule has 0 bridgehead atoms. The van der Waals surface area contributed by atoms with Crippen molar-refractivity contribution in [1.29, 1.82) is 0 Å². The Labute approximate surface area is 79.6 Å². The highest BCUT2D eigenvalue weighted by atomic mass is 16.1. The maximum Gasteiger partial charge on any atom is 0.223 e. The number of hydrogen-bond donors (Lipinski definition) is 2. The lowest BCUT2D eigenvalue weighted by molar-refractivity contribution is -0.120. The van der Waals surface area contributed by atoms with E-state index in [4.69, 9.17) is 0 Å². The summed E-state index contributed by atoms with van der Waals surface area (Å²) in [5.74, 6) is 0.697. The third-order valence-corrected chi connectivity index (χ3v) is 2.32. The number of carbonyl (C=O) groups excluding carboxylic acids is 1. The molecular formula is C10H18N2O. The topological polar surface area (TPSA) is 41.1 Å². The zero-order chi connectivity index (χ0) is 9.52. The minimum atomic E-state index is 0.0839. The molecule has 1 aliphatic heterocycles. The van der Waals surface area contributed by atoms with E-state index in [1.807, 2.05) is 0 Å². The van der Waals surface area contributed by atoms with Gasteiger partial charge in [-0.25, -0.2) is 0 Å². The predicted molar refractivity (Wildman–Crippen MR) is 53.4 cm³/mol. The van der Waals surface area contributed by atoms with Gasteiger partial charge in [0.2, 0.25) is 5.91 Å². The Bertz CT molecular complexity index is 174. The Kier molecular flexibility index (Phi) is 4.54. The molecule has 2 N–H and O–H groups in total. The summed E-state index contributed by atoms with van der Waals surface area (Å²) in [6.07, 6.45) is 4.51. The Hall–Kier alpha value is -0.830. The molecule has 1 rings (SSSR count). The molecule has 1 amide bonds. The van der Waals surface area contributed by atoms with Gasteiger partial charge in [0.25, 0.3) is 0 Å². The summed E-state index contributed by atoms with van der Waals surface area (Å²) >= 11 is 0. The highest BCUT2D eigenvalue weighted by Gasteiger charge is 2.12. The van der Waals surface area contributed by atoms with Crippen molar-refractivity contribution in [2.45, 2.75) is 19.3 Å². The molecule has 74 valence electrons. The molecule has 1 unspecified atom stereocenters. The fraction of sp³-hybridized carbons (Fsp3) is 0.700. The van der Waals surface area contributed by atoms with Gasteiger partial charge in [0.05, 0.1) is 0 Å². The third kappa shape index (κ3) is 4.08. The van der Waals surface area contributed by atoms with Crippen molar-refractivity contribution in [1.82, 2.24) is 10.6 Å². The average molecular weight is 182 g/mol. The Morgan fingerprint density at radius 2 is 2.54 bits per heavy atom. The summed E-state index contributed by atoms with van der Waals surface area (Å²) in [6.45, 7) is 6.49. The van der Waals surface area contributed by atoms with E-state index >= 15 is 0 Å². The first-order valence-electron chi connectivity index (χ1n) is 4.91. The van der Waals surface area contributed by atoms with Crippen LogP contribution in [0.1, 0.15) is 19.3 Å². The van der Waals surface area contributed by atoms with Gasteiger partial charge >= 0.3 is 0 Å². The van der Waals surface area contributed by atoms with E-state index in [1.165, 1.54) is 12.8 Å². The second-order valence-corrected chi connectivity index (χ2v) is 3.51. The quantitative estimate of drug-likeness (QED) is 0.628. The molecule has 3 nitrogen and oxygen atoms in total. The highest BCUT2D eigenvalue weighted by molar-refractivity contribution is 5.77. The number of amides is 1. The van der Waals surface area contributed by atoms with Crippen molar-refractivity contribution in [3.63, 3.8) is 0 Å². The van der Waals surface area contributed by atoms with Crippen molar-refractivity contribution in [2.24, 2.45) is 5.92 Å². The Balaban J connectivity index is 2.09. The van der Waals surface area contributed by atoms with E-state index in [2.05, 4.69) is 17.2 Å². The SMILES string of the molecule is C=CCC(=O)NCC1CCCNC1. The van der Waals surface area contributed by atoms with Gasteiger partial charge in [-0.05, 0) is 31.8 Å². The van der Waals surface area contributed by atoms with Gasteiger partial charge in [0, 0.05) is 13.0 Å². The van der Waals surface area contributed by atoms with E-state index in [9.17, 15) is 4.79 Å². The largest absolute Gasteiger partial charge is 0.356 e. The first-order valence-corrected chi connectivity index (χ1v) is 4.91. The molecule has 0 spiro atoms. The normalized spacial score (nSPS) is 22.3. The summed E-state index contributed by atoms with van der Waals surface area (Å²) < 4.78 is 0. The summed E-state index contributed by atoms with van der Waals surface area (Å²) in [5.41, 5.74) is 0. The molecule has 1 fully saturated rings. The van der Waals surface area contributed by atoms with Crippen LogP contribution in [0.5, 0.6) is 0 Å². The summed E-state index contributed by atoms with van der Waals surface area (Å²) in [5, 5.41) is 6.22. The van der Waals surface area contributed by atoms with Crippen LogP contribution in [0.2, 0.25) is 0 Å². The van der Waals surface area contributed by atoms with Crippen LogP contribution in [0.15, 0.2) is 12.7 Å². The van der Waals surface area contributed by atoms with Crippen molar-refractivity contribution in [2.75, 3.05) is 19.6 Å². The molecule has 0 aromatic rings. The molecular weight excluding hydrogens is 164 g/mol. The molecule has 13 heavy (non-hydrogen) atoms. The molecule has 0 radical (unpaired) electrons. The monoisotopic (exact) mass is 182 g/mol. The smallest absolute Gasteiger partial charge is 0.223 e. The molecule has 1 heterocycles. The fourth-order valence-corrected chi connectivity index (χ4v) is 1.56. The minimum Gasteiger partial charge on any atom is -0.356 e. The van der Waals surface area contributed by atoms with Crippen LogP contribution in [-0.4, -0.2) is 25.5 Å². The average Bonchev–Trinajstić information content (AvgIpc) is 2.17. The fourth-order valence-electron chi connectivity index (χ4n) is 1.56. The Morgan fingerprint density at radius 3 is 3.15 bits per heavy atom. The molecule has 1 atom stereocenters. The van der Waals surface area contributed by atoms with Crippen molar-refractivity contribution in [3.8, 4) is 0 Å². The summed E-state index contributed by atoms with van der Waals surface area (Å²) in [6, 6.07) is 0. The molecule has 0 aliphatic carbocycles. The molecule has 0 aromatic heterocycles. The first kappa shape index (κ1) is 10.3. The number of carbonyl (C=O) groups is 1. The maximum absolute atomic E-state index is 11.1. The Morgan fingerprint density at radius 1 is 1.69 bits per heavy atom. The van der Waals surface area contributed by atoms with E-state index in [1.54, 1.807) is 6.08 Å². The van der Waals surface area contributed by atoms with Crippen LogP contribution in [0.3, 0.4) is 0 Å². The van der Waals surface area contributed by atoms with Gasteiger partial charge < -0.3 is 10.6 Å². The lowest BCUT2D eigenvalue weighted by Gasteiger charge is -2.22. The second-order valence-electron chi connectivity index (χ2n) is 3.51. The number of rotatable bonds is 4. The van der Waals surface area contributed by atoms with Crippen LogP contribution in [0.4, 0.5) is 0 Å². The van der Waals surface area contributed by atoms with Gasteiger partial charge in [-0.15, -0.1) is 6.58 Å². The van der Waals surface area contributed by atoms with E-state index < -0.39 is 0 Å². The first-order chi connectivity index (χ1) is 6.33. The lowest BCUT2D eigenvalue weighted by Crippen LogP contribution is -2.37. The second kappa shape index (κ2) is 5.75. The number of hydrogen-bond acceptors (Lipinski definition) is 2. The van der Waals surface area contributed by atoms with E-state index in [-0.39, 0.29) is 5.91 Å². The van der Waals surface area contributed by atoms with Crippen LogP contribution in [0.25, 0.3) is 0 Å². The van der Waals surface area contributed by atoms with Gasteiger partial charge in [-0.1, -0.05) is 6.08 Å². The van der Waals surface area contributed by atoms with Gasteiger partial charge in [0.15, 0.2) is 0 Å². The highest BCUT2D eigenvalue weighted by Crippen LogP contribution is 2.07. The van der Waals surface area contributed by atoms with Crippen molar-refractivity contribution >= 4 is 5.91 Å². The maximum atomic E-state index is 11.1. The van der Waals surface area contributed by atoms with Crippen LogP contribution in [0, 0.1) is 5.92 Å². The number of nitrogens with one attached hydrogen (secondary N) is 2. The zero-order valence-electron chi connectivity index (χ0n) is 8.01. The molecule has 0 aromatic carbocycles. The van der Waals surface area contributed by atoms with Crippen LogP contribution >= 0.6 is 0 Å². The zero-order valence-corrected chi connectivity index (χ0v) is 8.01. The van der Waals surface area contributed by atoms with E-state index in [0.717, 1.165) is 19.6 Å². The minimum absolute atomic E-state index is 0.0839. The van der Waals surface area contributed by atoms with Gasteiger partial charge in [0.1, 0.15) is 0 Å². The van der Waals surface area contributed by atoms with Gasteiger partial charge in [-0.2, -0.15) is 0 Å². The van der Waals surface area contributed by atoms with Crippen molar-refractivity contribution < 1.29 is 4.79 Å². The van der Waals surface area contributed by atoms with Crippen molar-refractivity contribution in [3.05, 3.63) is 12.7 Å². The third-order valence-electron chi connectivity index (χ3n) is 2.32. The standard InChI is InChI=1S/C10H18N2O/c1-2-4-10(13)12-8-9-5-3-6-11-7-9/h2,9,11H,1,3-8H2,(H,12,13). The predicted octanol–water partition coefficient (Wildman–Crippen LogP) is 0.678. The number of piperidine rings is 1. The molecule has 3 heteroatoms. The molecule has 1 saturated heterocycles. The summed E-state index contributed by atoms with van der Waals surface area (Å²) in [4.78, 5) is 11.1. The van der Waals surface area contributed by atoms with Crippen LogP contribution < -0.4 is 10.6 Å². The van der Waals surface area contributed by atoms with Gasteiger partial charge in [-0.3, -0.25) is 4.79 Å². The van der Waals surface area contributed by atoms with Crippen LogP contribution in [-0.2, 0) is 4.79 Å².